The lowest BCUT2D eigenvalue weighted by atomic mass is 9.88. The minimum atomic E-state index is -4.88. The molecule has 2 N–H and O–H groups in total. The molecule has 0 unspecified atom stereocenters. The number of carboxylic acid groups (broad SMARTS) is 1. The SMILES string of the molecule is O=C(Nc1ccc(C2CCN(C(=O)[C@H]3CCC[C@@H]3C(=O)O)CC2)cc1)c1cn(-c2ccc(F)cc2)nc1C(F)(F)F. The van der Waals surface area contributed by atoms with E-state index in [4.69, 9.17) is 0 Å². The molecule has 8 nitrogen and oxygen atoms in total. The highest BCUT2D eigenvalue weighted by molar-refractivity contribution is 6.05. The molecule has 1 aliphatic heterocycles. The maximum atomic E-state index is 13.7. The van der Waals surface area contributed by atoms with Crippen LogP contribution in [0.4, 0.5) is 23.2 Å². The Hall–Kier alpha value is -4.22. The fourth-order valence-corrected chi connectivity index (χ4v) is 5.73. The molecule has 216 valence electrons. The summed E-state index contributed by atoms with van der Waals surface area (Å²) in [5.74, 6) is -3.49. The van der Waals surface area contributed by atoms with Crippen molar-refractivity contribution in [2.45, 2.75) is 44.2 Å². The van der Waals surface area contributed by atoms with Gasteiger partial charge in [0.05, 0.1) is 23.1 Å². The number of likely N-dealkylation sites (tertiary alicyclic amines) is 1. The fraction of sp³-hybridized carbons (Fsp3) is 0.379. The van der Waals surface area contributed by atoms with E-state index < -0.39 is 47.0 Å². The van der Waals surface area contributed by atoms with Crippen molar-refractivity contribution in [1.29, 1.82) is 0 Å². The average molecular weight is 573 g/mol. The highest BCUT2D eigenvalue weighted by Gasteiger charge is 2.41. The number of rotatable bonds is 6. The largest absolute Gasteiger partial charge is 0.481 e. The van der Waals surface area contributed by atoms with Crippen LogP contribution in [0.2, 0.25) is 0 Å². The van der Waals surface area contributed by atoms with Gasteiger partial charge in [0.25, 0.3) is 5.91 Å². The zero-order valence-electron chi connectivity index (χ0n) is 21.9. The van der Waals surface area contributed by atoms with Crippen molar-refractivity contribution < 1.29 is 37.1 Å². The zero-order chi connectivity index (χ0) is 29.3. The third-order valence-corrected chi connectivity index (χ3v) is 7.92. The Balaban J connectivity index is 1.22. The minimum absolute atomic E-state index is 0.0904. The number of benzene rings is 2. The maximum Gasteiger partial charge on any atom is 0.435 e. The van der Waals surface area contributed by atoms with Gasteiger partial charge in [-0.15, -0.1) is 0 Å². The summed E-state index contributed by atoms with van der Waals surface area (Å²) in [6, 6.07) is 11.5. The first-order chi connectivity index (χ1) is 19.5. The number of halogens is 4. The van der Waals surface area contributed by atoms with Gasteiger partial charge >= 0.3 is 12.1 Å². The summed E-state index contributed by atoms with van der Waals surface area (Å²) in [5, 5.41) is 15.4. The number of aliphatic carboxylic acids is 1. The molecule has 2 amide bonds. The van der Waals surface area contributed by atoms with E-state index in [9.17, 15) is 37.1 Å². The molecule has 12 heteroatoms. The predicted octanol–water partition coefficient (Wildman–Crippen LogP) is 5.49. The molecule has 0 bridgehead atoms. The summed E-state index contributed by atoms with van der Waals surface area (Å²) in [6.45, 7) is 1.03. The van der Waals surface area contributed by atoms with Crippen LogP contribution in [0.15, 0.2) is 54.7 Å². The number of carbonyl (C=O) groups excluding carboxylic acids is 2. The Labute approximate surface area is 233 Å². The third-order valence-electron chi connectivity index (χ3n) is 7.92. The molecule has 2 atom stereocenters. The maximum absolute atomic E-state index is 13.7. The Bertz CT molecular complexity index is 1430. The molecule has 2 heterocycles. The number of nitrogens with one attached hydrogen (secondary N) is 1. The summed E-state index contributed by atoms with van der Waals surface area (Å²) >= 11 is 0. The second-order valence-corrected chi connectivity index (χ2v) is 10.5. The number of amides is 2. The van der Waals surface area contributed by atoms with Gasteiger partial charge in [-0.25, -0.2) is 9.07 Å². The monoisotopic (exact) mass is 572 g/mol. The number of piperidine rings is 1. The Morgan fingerprint density at radius 3 is 2.15 bits per heavy atom. The van der Waals surface area contributed by atoms with E-state index in [1.54, 1.807) is 29.2 Å². The number of aromatic nitrogens is 2. The predicted molar refractivity (Wildman–Crippen MR) is 140 cm³/mol. The van der Waals surface area contributed by atoms with Gasteiger partial charge in [0, 0.05) is 25.0 Å². The third kappa shape index (κ3) is 6.10. The smallest absolute Gasteiger partial charge is 0.435 e. The molecular formula is C29H28F4N4O4. The van der Waals surface area contributed by atoms with Gasteiger partial charge in [-0.2, -0.15) is 18.3 Å². The summed E-state index contributed by atoms with van der Waals surface area (Å²) in [4.78, 5) is 39.0. The van der Waals surface area contributed by atoms with Gasteiger partial charge in [0.15, 0.2) is 5.69 Å². The lowest BCUT2D eigenvalue weighted by molar-refractivity contribution is -0.149. The molecule has 2 aromatic carbocycles. The molecule has 5 rings (SSSR count). The highest BCUT2D eigenvalue weighted by atomic mass is 19.4. The molecule has 1 saturated carbocycles. The molecule has 1 aromatic heterocycles. The van der Waals surface area contributed by atoms with Crippen LogP contribution in [0.5, 0.6) is 0 Å². The van der Waals surface area contributed by atoms with E-state index in [-0.39, 0.29) is 17.5 Å². The van der Waals surface area contributed by atoms with Crippen molar-refractivity contribution in [2.75, 3.05) is 18.4 Å². The highest BCUT2D eigenvalue weighted by Crippen LogP contribution is 2.36. The van der Waals surface area contributed by atoms with E-state index in [0.29, 0.717) is 44.5 Å². The number of carbonyl (C=O) groups is 3. The summed E-state index contributed by atoms with van der Waals surface area (Å²) in [6.07, 6.45) is -0.678. The lowest BCUT2D eigenvalue weighted by Crippen LogP contribution is -2.43. The van der Waals surface area contributed by atoms with Crippen LogP contribution in [0.1, 0.15) is 59.6 Å². The summed E-state index contributed by atoms with van der Waals surface area (Å²) < 4.78 is 55.1. The lowest BCUT2D eigenvalue weighted by Gasteiger charge is -2.34. The van der Waals surface area contributed by atoms with E-state index >= 15 is 0 Å². The van der Waals surface area contributed by atoms with Crippen molar-refractivity contribution in [2.24, 2.45) is 11.8 Å². The van der Waals surface area contributed by atoms with E-state index in [1.807, 2.05) is 0 Å². The van der Waals surface area contributed by atoms with Crippen molar-refractivity contribution in [3.05, 3.63) is 77.4 Å². The number of carboxylic acids is 1. The Morgan fingerprint density at radius 2 is 1.54 bits per heavy atom. The topological polar surface area (TPSA) is 105 Å². The first-order valence-electron chi connectivity index (χ1n) is 13.4. The van der Waals surface area contributed by atoms with Crippen LogP contribution >= 0.6 is 0 Å². The number of alkyl halides is 3. The van der Waals surface area contributed by atoms with Gasteiger partial charge in [0.2, 0.25) is 5.91 Å². The quantitative estimate of drug-likeness (QED) is 0.380. The first-order valence-corrected chi connectivity index (χ1v) is 13.4. The summed E-state index contributed by atoms with van der Waals surface area (Å²) in [7, 11) is 0. The molecule has 1 saturated heterocycles. The minimum Gasteiger partial charge on any atom is -0.481 e. The Kier molecular flexibility index (Phi) is 7.83. The van der Waals surface area contributed by atoms with E-state index in [0.717, 1.165) is 35.0 Å². The number of anilines is 1. The van der Waals surface area contributed by atoms with Gasteiger partial charge in [-0.3, -0.25) is 14.4 Å². The van der Waals surface area contributed by atoms with Crippen molar-refractivity contribution >= 4 is 23.5 Å². The van der Waals surface area contributed by atoms with E-state index in [2.05, 4.69) is 10.4 Å². The van der Waals surface area contributed by atoms with Crippen LogP contribution in [0.3, 0.4) is 0 Å². The standard InChI is InChI=1S/C29H28F4N4O4/c30-19-6-10-21(11-7-19)37-16-24(25(35-37)29(31,32)33)26(38)34-20-8-4-17(5-9-20)18-12-14-36(15-13-18)27(39)22-2-1-3-23(22)28(40)41/h4-11,16,18,22-23H,1-3,12-15H2,(H,34,38)(H,40,41)/t22-,23-/m0/s1. The van der Waals surface area contributed by atoms with Crippen LogP contribution in [0, 0.1) is 17.7 Å². The van der Waals surface area contributed by atoms with Gasteiger partial charge < -0.3 is 15.3 Å². The molecule has 0 radical (unpaired) electrons. The summed E-state index contributed by atoms with van der Waals surface area (Å²) in [5.41, 5.74) is -0.590. The second kappa shape index (κ2) is 11.3. The van der Waals surface area contributed by atoms with E-state index in [1.165, 1.54) is 12.1 Å². The first kappa shape index (κ1) is 28.3. The van der Waals surface area contributed by atoms with Gasteiger partial charge in [-0.05, 0) is 73.6 Å². The molecule has 41 heavy (non-hydrogen) atoms. The molecule has 0 spiro atoms. The number of hydrogen-bond acceptors (Lipinski definition) is 4. The van der Waals surface area contributed by atoms with Crippen molar-refractivity contribution in [3.63, 3.8) is 0 Å². The Morgan fingerprint density at radius 1 is 0.902 bits per heavy atom. The second-order valence-electron chi connectivity index (χ2n) is 10.5. The molecule has 1 aliphatic carbocycles. The van der Waals surface area contributed by atoms with Crippen LogP contribution < -0.4 is 5.32 Å². The normalized spacial score (nSPS) is 19.8. The van der Waals surface area contributed by atoms with Gasteiger partial charge in [0.1, 0.15) is 5.82 Å². The molecule has 2 aliphatic rings. The average Bonchev–Trinajstić information content (AvgIpc) is 3.62. The van der Waals surface area contributed by atoms with Crippen molar-refractivity contribution in [1.82, 2.24) is 14.7 Å². The fourth-order valence-electron chi connectivity index (χ4n) is 5.73. The van der Waals surface area contributed by atoms with Crippen LogP contribution in [-0.2, 0) is 15.8 Å². The molecule has 2 fully saturated rings. The zero-order valence-corrected chi connectivity index (χ0v) is 21.9. The molecule has 3 aromatic rings. The van der Waals surface area contributed by atoms with Gasteiger partial charge in [-0.1, -0.05) is 18.6 Å². The molecular weight excluding hydrogens is 544 g/mol. The van der Waals surface area contributed by atoms with Crippen molar-refractivity contribution in [3.8, 4) is 5.69 Å². The van der Waals surface area contributed by atoms with Crippen LogP contribution in [0.25, 0.3) is 5.69 Å². The number of hydrogen-bond donors (Lipinski definition) is 2. The number of nitrogens with zero attached hydrogens (tertiary/aromatic N) is 3. The van der Waals surface area contributed by atoms with Crippen LogP contribution in [-0.4, -0.2) is 50.7 Å².